The molecule has 0 fully saturated rings. The van der Waals surface area contributed by atoms with Gasteiger partial charge in [0, 0.05) is 45.1 Å². The molecule has 0 aliphatic carbocycles. The van der Waals surface area contributed by atoms with Gasteiger partial charge in [-0.05, 0) is 30.5 Å². The van der Waals surface area contributed by atoms with Gasteiger partial charge in [-0.1, -0.05) is 24.2 Å². The predicted octanol–water partition coefficient (Wildman–Crippen LogP) is 2.11. The molecule has 0 spiro atoms. The fourth-order valence-corrected chi connectivity index (χ4v) is 3.75. The number of fused-ring (bicyclic) bond motifs is 1. The Labute approximate surface area is 187 Å². The van der Waals surface area contributed by atoms with Gasteiger partial charge in [-0.25, -0.2) is 9.67 Å². The first-order chi connectivity index (χ1) is 15.7. The molecule has 10 heteroatoms. The van der Waals surface area contributed by atoms with E-state index in [1.54, 1.807) is 14.2 Å². The highest BCUT2D eigenvalue weighted by atomic mass is 16.5. The third-order valence-electron chi connectivity index (χ3n) is 5.32. The molecule has 0 saturated carbocycles. The Balaban J connectivity index is 1.33. The molecule has 0 radical (unpaired) electrons. The first-order valence-electron chi connectivity index (χ1n) is 11.0. The summed E-state index contributed by atoms with van der Waals surface area (Å²) in [7, 11) is 3.43. The van der Waals surface area contributed by atoms with Gasteiger partial charge in [0.2, 0.25) is 0 Å². The van der Waals surface area contributed by atoms with E-state index in [9.17, 15) is 0 Å². The largest absolute Gasteiger partial charge is 0.377 e. The van der Waals surface area contributed by atoms with Gasteiger partial charge in [0.1, 0.15) is 12.4 Å². The maximum Gasteiger partial charge on any atom is 0.257 e. The molecule has 32 heavy (non-hydrogen) atoms. The Bertz CT molecular complexity index is 1060. The predicted molar refractivity (Wildman–Crippen MR) is 120 cm³/mol. The molecule has 3 heterocycles. The van der Waals surface area contributed by atoms with E-state index in [0.717, 1.165) is 66.8 Å². The van der Waals surface area contributed by atoms with Crippen LogP contribution in [0.2, 0.25) is 0 Å². The first kappa shape index (κ1) is 21.9. The number of nitrogens with one attached hydrogen (secondary N) is 2. The van der Waals surface area contributed by atoms with E-state index in [4.69, 9.17) is 9.26 Å². The summed E-state index contributed by atoms with van der Waals surface area (Å²) in [6.45, 7) is 3.91. The average molecular weight is 439 g/mol. The highest BCUT2D eigenvalue weighted by Gasteiger charge is 2.22. The molecule has 1 aliphatic heterocycles. The number of guanidine groups is 1. The first-order valence-corrected chi connectivity index (χ1v) is 11.0. The van der Waals surface area contributed by atoms with Crippen molar-refractivity contribution in [2.24, 2.45) is 4.99 Å². The summed E-state index contributed by atoms with van der Waals surface area (Å²) in [4.78, 5) is 13.4. The van der Waals surface area contributed by atoms with Gasteiger partial charge in [0.15, 0.2) is 17.6 Å². The summed E-state index contributed by atoms with van der Waals surface area (Å²) in [6.07, 6.45) is 3.65. The van der Waals surface area contributed by atoms with Crippen LogP contribution in [0.25, 0.3) is 11.5 Å². The van der Waals surface area contributed by atoms with Crippen molar-refractivity contribution < 1.29 is 9.26 Å². The zero-order valence-corrected chi connectivity index (χ0v) is 18.8. The van der Waals surface area contributed by atoms with Crippen LogP contribution in [0.4, 0.5) is 0 Å². The molecule has 0 saturated heterocycles. The minimum absolute atomic E-state index is 0.229. The normalized spacial score (nSPS) is 16.1. The van der Waals surface area contributed by atoms with Gasteiger partial charge >= 0.3 is 0 Å². The number of rotatable bonds is 8. The number of benzene rings is 1. The summed E-state index contributed by atoms with van der Waals surface area (Å²) in [5.41, 5.74) is 2.02. The van der Waals surface area contributed by atoms with Crippen molar-refractivity contribution in [2.45, 2.75) is 58.3 Å². The minimum Gasteiger partial charge on any atom is -0.377 e. The van der Waals surface area contributed by atoms with Crippen LogP contribution in [0.3, 0.4) is 0 Å². The number of methoxy groups -OCH3 is 1. The number of hydrogen-bond donors (Lipinski definition) is 2. The Morgan fingerprint density at radius 1 is 1.31 bits per heavy atom. The maximum absolute atomic E-state index is 5.41. The molecule has 2 aromatic heterocycles. The summed E-state index contributed by atoms with van der Waals surface area (Å²) < 4.78 is 12.5. The molecule has 2 N–H and O–H groups in total. The smallest absolute Gasteiger partial charge is 0.257 e. The second-order valence-electron chi connectivity index (χ2n) is 7.83. The summed E-state index contributed by atoms with van der Waals surface area (Å²) in [5, 5.41) is 15.5. The van der Waals surface area contributed by atoms with E-state index >= 15 is 0 Å². The lowest BCUT2D eigenvalue weighted by molar-refractivity contribution is 0.177. The zero-order valence-electron chi connectivity index (χ0n) is 18.8. The Morgan fingerprint density at radius 2 is 2.22 bits per heavy atom. The van der Waals surface area contributed by atoms with Crippen LogP contribution in [0.1, 0.15) is 42.8 Å². The van der Waals surface area contributed by atoms with Crippen molar-refractivity contribution in [3.8, 4) is 11.5 Å². The molecule has 1 aromatic carbocycles. The topological polar surface area (TPSA) is 115 Å². The highest BCUT2D eigenvalue weighted by Crippen LogP contribution is 2.19. The molecule has 1 aliphatic rings. The number of hydrogen-bond acceptors (Lipinski definition) is 7. The molecule has 0 amide bonds. The molecule has 1 atom stereocenters. The van der Waals surface area contributed by atoms with Crippen molar-refractivity contribution in [2.75, 3.05) is 14.2 Å². The number of aliphatic imine (C=N–C) groups is 1. The SMILES string of the molecule is CCCc1noc(-c2cccc(CNC(=NC)NC3CCc4nc(COC)nn4C3)c2)n1. The van der Waals surface area contributed by atoms with Crippen LogP contribution >= 0.6 is 0 Å². The molecular weight excluding hydrogens is 408 g/mol. The van der Waals surface area contributed by atoms with Gasteiger partial charge in [-0.3, -0.25) is 4.99 Å². The second kappa shape index (κ2) is 10.4. The minimum atomic E-state index is 0.229. The van der Waals surface area contributed by atoms with Crippen molar-refractivity contribution in [3.63, 3.8) is 0 Å². The molecule has 10 nitrogen and oxygen atoms in total. The van der Waals surface area contributed by atoms with Crippen molar-refractivity contribution >= 4 is 5.96 Å². The Morgan fingerprint density at radius 3 is 3.03 bits per heavy atom. The van der Waals surface area contributed by atoms with Crippen LogP contribution < -0.4 is 10.6 Å². The van der Waals surface area contributed by atoms with Gasteiger partial charge in [-0.15, -0.1) is 0 Å². The third kappa shape index (κ3) is 5.31. The van der Waals surface area contributed by atoms with E-state index in [1.807, 2.05) is 16.8 Å². The fourth-order valence-electron chi connectivity index (χ4n) is 3.75. The van der Waals surface area contributed by atoms with Gasteiger partial charge in [-0.2, -0.15) is 10.1 Å². The van der Waals surface area contributed by atoms with E-state index in [1.165, 1.54) is 0 Å². The maximum atomic E-state index is 5.41. The summed E-state index contributed by atoms with van der Waals surface area (Å²) >= 11 is 0. The van der Waals surface area contributed by atoms with E-state index in [0.29, 0.717) is 19.0 Å². The summed E-state index contributed by atoms with van der Waals surface area (Å²) in [5.74, 6) is 3.79. The van der Waals surface area contributed by atoms with Crippen LogP contribution in [0, 0.1) is 0 Å². The van der Waals surface area contributed by atoms with Crippen LogP contribution in [-0.4, -0.2) is 51.1 Å². The zero-order chi connectivity index (χ0) is 22.3. The van der Waals surface area contributed by atoms with Crippen LogP contribution in [0.15, 0.2) is 33.8 Å². The van der Waals surface area contributed by atoms with E-state index < -0.39 is 0 Å². The number of aryl methyl sites for hydroxylation is 2. The van der Waals surface area contributed by atoms with Crippen molar-refractivity contribution in [1.82, 2.24) is 35.5 Å². The highest BCUT2D eigenvalue weighted by molar-refractivity contribution is 5.80. The number of ether oxygens (including phenoxy) is 1. The standard InChI is InChI=1S/C22H30N8O2/c1-4-6-18-27-21(32-29-18)16-8-5-7-15(11-16)12-24-22(23-2)25-17-9-10-20-26-19(14-31-3)28-30(20)13-17/h5,7-8,11,17H,4,6,9-10,12-14H2,1-3H3,(H2,23,24,25). The Kier molecular flexibility index (Phi) is 7.10. The second-order valence-corrected chi connectivity index (χ2v) is 7.83. The average Bonchev–Trinajstić information content (AvgIpc) is 3.43. The van der Waals surface area contributed by atoms with Gasteiger partial charge in [0.25, 0.3) is 5.89 Å². The molecule has 0 bridgehead atoms. The molecular formula is C22H30N8O2. The monoisotopic (exact) mass is 438 g/mol. The molecule has 170 valence electrons. The van der Waals surface area contributed by atoms with Gasteiger partial charge in [0.05, 0.1) is 6.54 Å². The van der Waals surface area contributed by atoms with E-state index in [2.05, 4.69) is 54.9 Å². The van der Waals surface area contributed by atoms with Crippen LogP contribution in [0.5, 0.6) is 0 Å². The molecule has 3 aromatic rings. The molecule has 4 rings (SSSR count). The quantitative estimate of drug-likeness (QED) is 0.406. The fraction of sp³-hybridized carbons (Fsp3) is 0.500. The van der Waals surface area contributed by atoms with Gasteiger partial charge < -0.3 is 19.9 Å². The number of nitrogens with zero attached hydrogens (tertiary/aromatic N) is 6. The number of aromatic nitrogens is 5. The lowest BCUT2D eigenvalue weighted by Crippen LogP contribution is -2.46. The van der Waals surface area contributed by atoms with Crippen molar-refractivity contribution in [3.05, 3.63) is 47.3 Å². The lowest BCUT2D eigenvalue weighted by atomic mass is 10.1. The summed E-state index contributed by atoms with van der Waals surface area (Å²) in [6, 6.07) is 8.33. The van der Waals surface area contributed by atoms with Crippen molar-refractivity contribution in [1.29, 1.82) is 0 Å². The Hall–Kier alpha value is -3.27. The van der Waals surface area contributed by atoms with E-state index in [-0.39, 0.29) is 6.04 Å². The third-order valence-corrected chi connectivity index (χ3v) is 5.32. The molecule has 1 unspecified atom stereocenters. The lowest BCUT2D eigenvalue weighted by Gasteiger charge is -2.25. The van der Waals surface area contributed by atoms with Crippen LogP contribution in [-0.2, 0) is 37.3 Å².